The van der Waals surface area contributed by atoms with Gasteiger partial charge in [-0.25, -0.2) is 19.0 Å². The highest BCUT2D eigenvalue weighted by molar-refractivity contribution is 9.10. The van der Waals surface area contributed by atoms with Crippen LogP contribution in [0.2, 0.25) is 10.0 Å². The molecule has 0 radical (unpaired) electrons. The predicted octanol–water partition coefficient (Wildman–Crippen LogP) is 6.90. The number of nitrogens with one attached hydrogen (secondary N) is 2. The van der Waals surface area contributed by atoms with Gasteiger partial charge in [-0.05, 0) is 125 Å². The van der Waals surface area contributed by atoms with Crippen LogP contribution in [0.3, 0.4) is 0 Å². The molecule has 0 atom stereocenters. The van der Waals surface area contributed by atoms with E-state index in [9.17, 15) is 19.2 Å². The zero-order valence-corrected chi connectivity index (χ0v) is 39.6. The summed E-state index contributed by atoms with van der Waals surface area (Å²) >= 11 is 15.3. The number of pyridine rings is 4. The van der Waals surface area contributed by atoms with Crippen LogP contribution in [-0.4, -0.2) is 96.2 Å². The number of carbonyl (C=O) groups is 4. The maximum Gasteiger partial charge on any atom is 0.488 e. The number of amides is 4. The van der Waals surface area contributed by atoms with E-state index in [4.69, 9.17) is 33.2 Å². The molecule has 0 spiro atoms. The van der Waals surface area contributed by atoms with E-state index in [2.05, 4.69) is 46.7 Å². The quantitative estimate of drug-likeness (QED) is 0.105. The summed E-state index contributed by atoms with van der Waals surface area (Å²) in [6.45, 7) is 0. The smallest absolute Gasteiger partial charge is 0.423 e. The molecule has 2 aliphatic carbocycles. The Kier molecular flexibility index (Phi) is 14.6. The normalized spacial score (nSPS) is 12.8. The van der Waals surface area contributed by atoms with Gasteiger partial charge in [-0.1, -0.05) is 47.5 Å². The number of rotatable bonds is 10. The van der Waals surface area contributed by atoms with Gasteiger partial charge < -0.3 is 20.7 Å². The number of hydrogen-bond donors (Lipinski definition) is 4. The molecule has 0 bridgehead atoms. The minimum Gasteiger partial charge on any atom is -0.423 e. The Morgan fingerprint density at radius 1 is 0.618 bits per heavy atom. The lowest BCUT2D eigenvalue weighted by molar-refractivity contribution is 0.0955. The minimum absolute atomic E-state index is 0.0575. The number of benzene rings is 2. The summed E-state index contributed by atoms with van der Waals surface area (Å²) in [5.74, 6) is 0.735. The first-order valence-electron chi connectivity index (χ1n) is 21.3. The fourth-order valence-electron chi connectivity index (χ4n) is 7.19. The van der Waals surface area contributed by atoms with E-state index in [1.165, 1.54) is 31.3 Å². The van der Waals surface area contributed by atoms with Crippen molar-refractivity contribution in [2.75, 3.05) is 23.9 Å². The lowest BCUT2D eigenvalue weighted by Gasteiger charge is -2.21. The van der Waals surface area contributed by atoms with Crippen molar-refractivity contribution in [2.24, 2.45) is 0 Å². The van der Waals surface area contributed by atoms with Crippen LogP contribution >= 0.6 is 39.1 Å². The minimum atomic E-state index is -1.49. The molecule has 2 aliphatic rings. The number of nitrogens with zero attached hydrogens (tertiary/aromatic N) is 8. The molecule has 2 fully saturated rings. The van der Waals surface area contributed by atoms with Crippen LogP contribution in [0.4, 0.5) is 11.6 Å². The van der Waals surface area contributed by atoms with Crippen LogP contribution in [0.1, 0.15) is 67.1 Å². The zero-order chi connectivity index (χ0) is 48.1. The molecule has 2 saturated carbocycles. The van der Waals surface area contributed by atoms with E-state index in [-0.39, 0.29) is 35.7 Å². The molecule has 16 nitrogen and oxygen atoms in total. The zero-order valence-electron chi connectivity index (χ0n) is 36.5. The number of aromatic nitrogens is 6. The standard InChI is InChI=1S/C24H20ClN5O2.C16H12BrClN4O.C8H10BNO3/c1-26-23(31)16-4-2-15(3-5-16)20-14-28-29-11-10-17(12-21(20)29)24(32)30(19-7-8-19)22-9-6-18(25)13-27-22;17-13-9-20-21-6-5-10(7-14(13)21)16(23)22(12-2-3-12)15-4-1-11(18)8-19-15;1-10-8(11)6-2-4-7(5-3-6)9(12)13/h2-6,9-14,19H,7-8H2,1H3,(H,26,31);1,4-9,12H,2-3H2;2-5,12-13H,1H3,(H,10,11). The second kappa shape index (κ2) is 20.9. The summed E-state index contributed by atoms with van der Waals surface area (Å²) in [5.41, 5.74) is 6.08. The molecule has 6 heterocycles. The molecule has 68 heavy (non-hydrogen) atoms. The molecule has 20 heteroatoms. The van der Waals surface area contributed by atoms with Crippen LogP contribution in [-0.2, 0) is 0 Å². The van der Waals surface area contributed by atoms with Gasteiger partial charge in [0.1, 0.15) is 11.6 Å². The maximum absolute atomic E-state index is 13.5. The van der Waals surface area contributed by atoms with Gasteiger partial charge in [-0.2, -0.15) is 10.2 Å². The molecule has 4 amide bonds. The van der Waals surface area contributed by atoms with E-state index in [0.29, 0.717) is 49.4 Å². The van der Waals surface area contributed by atoms with Crippen LogP contribution in [0, 0.1) is 0 Å². The molecule has 10 rings (SSSR count). The third-order valence-electron chi connectivity index (χ3n) is 11.1. The van der Waals surface area contributed by atoms with Crippen molar-refractivity contribution in [3.8, 4) is 11.1 Å². The maximum atomic E-state index is 13.5. The Morgan fingerprint density at radius 3 is 1.51 bits per heavy atom. The van der Waals surface area contributed by atoms with Gasteiger partial charge in [-0.3, -0.25) is 29.0 Å². The Labute approximate surface area is 408 Å². The second-order valence-electron chi connectivity index (χ2n) is 15.8. The Hall–Kier alpha value is -6.96. The monoisotopic (exact) mass is 1010 g/mol. The van der Waals surface area contributed by atoms with Crippen LogP contribution in [0.25, 0.3) is 22.2 Å². The molecule has 0 unspecified atom stereocenters. The SMILES string of the molecule is CNC(=O)c1ccc(-c2cnn3ccc(C(=O)N(c4ccc(Cl)cn4)C4CC4)cc23)cc1.CNC(=O)c1ccc(B(O)O)cc1.O=C(c1ccn2ncc(Br)c2c1)N(c1ccc(Cl)cn1)C1CC1. The largest absolute Gasteiger partial charge is 0.488 e. The van der Waals surface area contributed by atoms with Gasteiger partial charge in [0.25, 0.3) is 23.6 Å². The van der Waals surface area contributed by atoms with Crippen molar-refractivity contribution in [1.29, 1.82) is 0 Å². The van der Waals surface area contributed by atoms with Crippen LogP contribution in [0.5, 0.6) is 0 Å². The van der Waals surface area contributed by atoms with Gasteiger partial charge in [0.05, 0.1) is 37.9 Å². The van der Waals surface area contributed by atoms with E-state index in [1.807, 2.05) is 24.3 Å². The molecule has 6 aromatic heterocycles. The average molecular weight is 1020 g/mol. The fourth-order valence-corrected chi connectivity index (χ4v) is 7.81. The summed E-state index contributed by atoms with van der Waals surface area (Å²) < 4.78 is 4.32. The molecule has 0 aliphatic heterocycles. The Balaban J connectivity index is 0.000000151. The molecule has 0 saturated heterocycles. The first-order valence-corrected chi connectivity index (χ1v) is 22.9. The molecular weight excluding hydrogens is 974 g/mol. The number of anilines is 2. The number of carbonyl (C=O) groups excluding carboxylic acids is 4. The van der Waals surface area contributed by atoms with E-state index < -0.39 is 7.12 Å². The number of hydrogen-bond acceptors (Lipinski definition) is 10. The van der Waals surface area contributed by atoms with Crippen molar-refractivity contribution in [1.82, 2.24) is 39.8 Å². The third kappa shape index (κ3) is 10.9. The van der Waals surface area contributed by atoms with E-state index in [0.717, 1.165) is 52.3 Å². The van der Waals surface area contributed by atoms with Crippen molar-refractivity contribution < 1.29 is 29.2 Å². The highest BCUT2D eigenvalue weighted by atomic mass is 79.9. The van der Waals surface area contributed by atoms with Crippen molar-refractivity contribution in [3.05, 3.63) is 171 Å². The molecule has 344 valence electrons. The fraction of sp³-hybridized carbons (Fsp3) is 0.167. The first-order chi connectivity index (χ1) is 32.8. The predicted molar refractivity (Wildman–Crippen MR) is 265 cm³/mol. The van der Waals surface area contributed by atoms with Gasteiger partial charge >= 0.3 is 7.12 Å². The van der Waals surface area contributed by atoms with Gasteiger partial charge in [0.2, 0.25) is 0 Å². The summed E-state index contributed by atoms with van der Waals surface area (Å²) in [6.07, 6.45) is 14.1. The topological polar surface area (TPSA) is 200 Å². The van der Waals surface area contributed by atoms with Crippen LogP contribution in [0.15, 0.2) is 139 Å². The lowest BCUT2D eigenvalue weighted by atomic mass is 9.80. The third-order valence-corrected chi connectivity index (χ3v) is 12.1. The van der Waals surface area contributed by atoms with Crippen molar-refractivity contribution >= 4 is 98.0 Å². The summed E-state index contributed by atoms with van der Waals surface area (Å²) in [7, 11) is 1.65. The summed E-state index contributed by atoms with van der Waals surface area (Å²) in [6, 6.07) is 28.0. The number of fused-ring (bicyclic) bond motifs is 2. The summed E-state index contributed by atoms with van der Waals surface area (Å²) in [5, 5.41) is 32.3. The van der Waals surface area contributed by atoms with Gasteiger partial charge in [0, 0.05) is 78.8 Å². The van der Waals surface area contributed by atoms with Gasteiger partial charge in [-0.15, -0.1) is 0 Å². The van der Waals surface area contributed by atoms with Crippen molar-refractivity contribution in [2.45, 2.75) is 37.8 Å². The van der Waals surface area contributed by atoms with Gasteiger partial charge in [0.15, 0.2) is 0 Å². The highest BCUT2D eigenvalue weighted by Gasteiger charge is 2.36. The van der Waals surface area contributed by atoms with E-state index >= 15 is 0 Å². The molecule has 8 aromatic rings. The van der Waals surface area contributed by atoms with Crippen molar-refractivity contribution in [3.63, 3.8) is 0 Å². The molecule has 2 aromatic carbocycles. The number of halogens is 3. The Bertz CT molecular complexity index is 3110. The van der Waals surface area contributed by atoms with Crippen LogP contribution < -0.4 is 25.9 Å². The molecular formula is C48H42BBrCl2N10O6. The lowest BCUT2D eigenvalue weighted by Crippen LogP contribution is -2.33. The molecule has 4 N–H and O–H groups in total. The second-order valence-corrected chi connectivity index (χ2v) is 17.5. The Morgan fingerprint density at radius 2 is 1.07 bits per heavy atom. The summed E-state index contributed by atoms with van der Waals surface area (Å²) in [4.78, 5) is 61.5. The highest BCUT2D eigenvalue weighted by Crippen LogP contribution is 2.35. The average Bonchev–Trinajstić information content (AvgIpc) is 4.31. The van der Waals surface area contributed by atoms with E-state index in [1.54, 1.807) is 112 Å². The first kappa shape index (κ1) is 47.5.